The Labute approximate surface area is 88.7 Å². The van der Waals surface area contributed by atoms with Crippen molar-refractivity contribution >= 4 is 5.91 Å². The van der Waals surface area contributed by atoms with Gasteiger partial charge in [-0.1, -0.05) is 0 Å². The average molecular weight is 215 g/mol. The van der Waals surface area contributed by atoms with E-state index in [2.05, 4.69) is 5.48 Å². The van der Waals surface area contributed by atoms with E-state index < -0.39 is 6.10 Å². The van der Waals surface area contributed by atoms with E-state index in [9.17, 15) is 4.79 Å². The fourth-order valence-corrected chi connectivity index (χ4v) is 2.22. The van der Waals surface area contributed by atoms with Crippen molar-refractivity contribution in [1.82, 2.24) is 5.48 Å². The molecule has 0 radical (unpaired) electrons. The normalized spacial score (nSPS) is 35.5. The lowest BCUT2D eigenvalue weighted by Gasteiger charge is -2.17. The summed E-state index contributed by atoms with van der Waals surface area (Å²) < 4.78 is 5.57. The Morgan fingerprint density at radius 2 is 2.47 bits per heavy atom. The first kappa shape index (κ1) is 10.9. The first-order chi connectivity index (χ1) is 7.16. The maximum atomic E-state index is 11.6. The van der Waals surface area contributed by atoms with Crippen LogP contribution in [0.3, 0.4) is 0 Å². The van der Waals surface area contributed by atoms with Crippen LogP contribution in [0.15, 0.2) is 0 Å². The lowest BCUT2D eigenvalue weighted by Crippen LogP contribution is -2.37. The van der Waals surface area contributed by atoms with E-state index >= 15 is 0 Å². The predicted octanol–water partition coefficient (Wildman–Crippen LogP) is -0.0175. The largest absolute Gasteiger partial charge is 0.391 e. The van der Waals surface area contributed by atoms with Gasteiger partial charge in [-0.2, -0.15) is 0 Å². The van der Waals surface area contributed by atoms with Crippen LogP contribution in [0.1, 0.15) is 26.2 Å². The van der Waals surface area contributed by atoms with Crippen molar-refractivity contribution in [2.45, 2.75) is 44.5 Å². The van der Waals surface area contributed by atoms with Gasteiger partial charge in [-0.15, -0.1) is 0 Å². The number of hydrogen-bond acceptors (Lipinski definition) is 4. The molecule has 5 heteroatoms. The topological polar surface area (TPSA) is 67.8 Å². The number of hydroxylamine groups is 1. The van der Waals surface area contributed by atoms with Crippen LogP contribution in [0, 0.1) is 5.92 Å². The third-order valence-electron chi connectivity index (χ3n) is 2.94. The molecule has 0 saturated carbocycles. The molecule has 0 aromatic rings. The summed E-state index contributed by atoms with van der Waals surface area (Å²) in [5.74, 6) is -0.194. The molecular weight excluding hydrogens is 198 g/mol. The summed E-state index contributed by atoms with van der Waals surface area (Å²) >= 11 is 0. The molecule has 2 aliphatic rings. The molecule has 1 amide bonds. The molecule has 1 unspecified atom stereocenters. The van der Waals surface area contributed by atoms with Crippen molar-refractivity contribution in [2.75, 3.05) is 6.61 Å². The fourth-order valence-electron chi connectivity index (χ4n) is 2.22. The van der Waals surface area contributed by atoms with Crippen molar-refractivity contribution < 1.29 is 19.5 Å². The molecule has 2 rings (SSSR count). The summed E-state index contributed by atoms with van der Waals surface area (Å²) in [6, 6.07) is 0. The molecule has 2 fully saturated rings. The number of carbonyl (C=O) groups excluding carboxylic acids is 1. The van der Waals surface area contributed by atoms with Crippen LogP contribution >= 0.6 is 0 Å². The number of amides is 1. The van der Waals surface area contributed by atoms with Gasteiger partial charge in [0.05, 0.1) is 24.2 Å². The number of rotatable bonds is 4. The number of aliphatic hydroxyl groups excluding tert-OH is 1. The van der Waals surface area contributed by atoms with Crippen molar-refractivity contribution in [3.63, 3.8) is 0 Å². The molecular formula is C10H17NO4. The van der Waals surface area contributed by atoms with Crippen LogP contribution in [-0.4, -0.2) is 35.9 Å². The third-order valence-corrected chi connectivity index (χ3v) is 2.94. The van der Waals surface area contributed by atoms with E-state index in [1.54, 1.807) is 6.92 Å². The van der Waals surface area contributed by atoms with E-state index in [4.69, 9.17) is 14.7 Å². The zero-order valence-electron chi connectivity index (χ0n) is 8.81. The molecule has 0 spiro atoms. The molecule has 5 nitrogen and oxygen atoms in total. The monoisotopic (exact) mass is 215 g/mol. The number of carbonyl (C=O) groups is 1. The van der Waals surface area contributed by atoms with Gasteiger partial charge in [-0.25, -0.2) is 5.48 Å². The SMILES string of the molecule is CC(O)CONC(=O)[C@@H]1C[C@H]2CC[C@@H]1O2. The van der Waals surface area contributed by atoms with E-state index in [-0.39, 0.29) is 30.6 Å². The first-order valence-corrected chi connectivity index (χ1v) is 5.42. The molecule has 0 aliphatic carbocycles. The molecule has 2 heterocycles. The molecule has 2 bridgehead atoms. The summed E-state index contributed by atoms with van der Waals surface area (Å²) in [7, 11) is 0. The lowest BCUT2D eigenvalue weighted by molar-refractivity contribution is -0.141. The predicted molar refractivity (Wildman–Crippen MR) is 51.8 cm³/mol. The van der Waals surface area contributed by atoms with Crippen molar-refractivity contribution in [3.05, 3.63) is 0 Å². The Bertz CT molecular complexity index is 244. The zero-order valence-corrected chi connectivity index (χ0v) is 8.81. The molecule has 0 aromatic carbocycles. The lowest BCUT2D eigenvalue weighted by atomic mass is 9.89. The summed E-state index contributed by atoms with van der Waals surface area (Å²) in [6.07, 6.45) is 2.62. The number of fused-ring (bicyclic) bond motifs is 2. The van der Waals surface area contributed by atoms with Gasteiger partial charge in [0.2, 0.25) is 5.91 Å². The Hall–Kier alpha value is -0.650. The molecule has 2 saturated heterocycles. The number of aliphatic hydroxyl groups is 1. The molecule has 2 aliphatic heterocycles. The number of nitrogens with one attached hydrogen (secondary N) is 1. The van der Waals surface area contributed by atoms with Crippen molar-refractivity contribution in [1.29, 1.82) is 0 Å². The second kappa shape index (κ2) is 4.47. The first-order valence-electron chi connectivity index (χ1n) is 5.42. The fraction of sp³-hybridized carbons (Fsp3) is 0.900. The minimum Gasteiger partial charge on any atom is -0.391 e. The second-order valence-corrected chi connectivity index (χ2v) is 4.34. The highest BCUT2D eigenvalue weighted by atomic mass is 16.7. The van der Waals surface area contributed by atoms with E-state index in [1.807, 2.05) is 0 Å². The minimum absolute atomic E-state index is 0.0715. The summed E-state index contributed by atoms with van der Waals surface area (Å²) in [4.78, 5) is 16.5. The van der Waals surface area contributed by atoms with Gasteiger partial charge >= 0.3 is 0 Å². The van der Waals surface area contributed by atoms with Gasteiger partial charge in [0.1, 0.15) is 6.61 Å². The highest BCUT2D eigenvalue weighted by Gasteiger charge is 2.44. The van der Waals surface area contributed by atoms with Gasteiger partial charge < -0.3 is 9.84 Å². The van der Waals surface area contributed by atoms with Crippen LogP contribution in [0.5, 0.6) is 0 Å². The highest BCUT2D eigenvalue weighted by Crippen LogP contribution is 2.38. The van der Waals surface area contributed by atoms with Gasteiger partial charge in [0, 0.05) is 0 Å². The van der Waals surface area contributed by atoms with Crippen molar-refractivity contribution in [3.8, 4) is 0 Å². The number of ether oxygens (including phenoxy) is 1. The molecule has 15 heavy (non-hydrogen) atoms. The standard InChI is InChI=1S/C10H17NO4/c1-6(12)5-14-11-10(13)8-4-7-2-3-9(8)15-7/h6-9,12H,2-5H2,1H3,(H,11,13)/t6?,7-,8-,9+/m1/s1. The zero-order chi connectivity index (χ0) is 10.8. The van der Waals surface area contributed by atoms with Crippen LogP contribution in [0.4, 0.5) is 0 Å². The average Bonchev–Trinajstić information content (AvgIpc) is 2.77. The third kappa shape index (κ3) is 2.48. The summed E-state index contributed by atoms with van der Waals surface area (Å²) in [5, 5.41) is 8.93. The van der Waals surface area contributed by atoms with Crippen LogP contribution in [0.2, 0.25) is 0 Å². The van der Waals surface area contributed by atoms with Crippen LogP contribution in [-0.2, 0) is 14.4 Å². The summed E-state index contributed by atoms with van der Waals surface area (Å²) in [5.41, 5.74) is 2.36. The quantitative estimate of drug-likeness (QED) is 0.647. The van der Waals surface area contributed by atoms with Crippen LogP contribution in [0.25, 0.3) is 0 Å². The maximum absolute atomic E-state index is 11.6. The van der Waals surface area contributed by atoms with Gasteiger partial charge in [-0.05, 0) is 26.2 Å². The second-order valence-electron chi connectivity index (χ2n) is 4.34. The Morgan fingerprint density at radius 3 is 3.00 bits per heavy atom. The summed E-state index contributed by atoms with van der Waals surface area (Å²) in [6.45, 7) is 1.72. The van der Waals surface area contributed by atoms with Gasteiger partial charge in [-0.3, -0.25) is 9.63 Å². The van der Waals surface area contributed by atoms with Gasteiger partial charge in [0.25, 0.3) is 0 Å². The Balaban J connectivity index is 1.72. The Morgan fingerprint density at radius 1 is 1.67 bits per heavy atom. The number of hydrogen-bond donors (Lipinski definition) is 2. The van der Waals surface area contributed by atoms with E-state index in [1.165, 1.54) is 0 Å². The van der Waals surface area contributed by atoms with Crippen LogP contribution < -0.4 is 5.48 Å². The maximum Gasteiger partial charge on any atom is 0.249 e. The highest BCUT2D eigenvalue weighted by molar-refractivity contribution is 5.78. The molecule has 0 aromatic heterocycles. The minimum atomic E-state index is -0.568. The molecule has 86 valence electrons. The molecule has 4 atom stereocenters. The molecule has 2 N–H and O–H groups in total. The Kier molecular flexibility index (Phi) is 3.23. The van der Waals surface area contributed by atoms with E-state index in [0.29, 0.717) is 0 Å². The smallest absolute Gasteiger partial charge is 0.249 e. The van der Waals surface area contributed by atoms with Crippen molar-refractivity contribution in [2.24, 2.45) is 5.92 Å². The van der Waals surface area contributed by atoms with E-state index in [0.717, 1.165) is 19.3 Å². The van der Waals surface area contributed by atoms with Gasteiger partial charge in [0.15, 0.2) is 0 Å².